The summed E-state index contributed by atoms with van der Waals surface area (Å²) in [5, 5.41) is 4.14. The standard InChI is InChI=1S/C17H26ClFN2/c1-12(15-6-5-13(19)11-16(15)18)20-14-7-9-21(10-8-14)17(2,3)4/h5-6,11-12,14,20H,7-10H2,1-4H3. The molecule has 1 N–H and O–H groups in total. The van der Waals surface area contributed by atoms with Crippen molar-refractivity contribution in [2.24, 2.45) is 0 Å². The fraction of sp³-hybridized carbons (Fsp3) is 0.647. The second-order valence-electron chi connectivity index (χ2n) is 6.99. The van der Waals surface area contributed by atoms with Gasteiger partial charge in [0.15, 0.2) is 0 Å². The smallest absolute Gasteiger partial charge is 0.124 e. The summed E-state index contributed by atoms with van der Waals surface area (Å²) in [7, 11) is 0. The van der Waals surface area contributed by atoms with Crippen LogP contribution < -0.4 is 5.32 Å². The fourth-order valence-corrected chi connectivity index (χ4v) is 3.34. The molecular formula is C17H26ClFN2. The third-order valence-corrected chi connectivity index (χ3v) is 4.69. The highest BCUT2D eigenvalue weighted by atomic mass is 35.5. The highest BCUT2D eigenvalue weighted by Crippen LogP contribution is 2.26. The Morgan fingerprint density at radius 2 is 1.90 bits per heavy atom. The van der Waals surface area contributed by atoms with Crippen molar-refractivity contribution in [3.05, 3.63) is 34.6 Å². The van der Waals surface area contributed by atoms with Crippen molar-refractivity contribution in [1.82, 2.24) is 10.2 Å². The maximum atomic E-state index is 13.1. The van der Waals surface area contributed by atoms with Crippen molar-refractivity contribution in [3.8, 4) is 0 Å². The van der Waals surface area contributed by atoms with Gasteiger partial charge in [-0.2, -0.15) is 0 Å². The van der Waals surface area contributed by atoms with Gasteiger partial charge in [-0.15, -0.1) is 0 Å². The molecule has 1 atom stereocenters. The van der Waals surface area contributed by atoms with Crippen molar-refractivity contribution in [1.29, 1.82) is 0 Å². The number of piperidine rings is 1. The summed E-state index contributed by atoms with van der Waals surface area (Å²) in [6.45, 7) is 11.1. The lowest BCUT2D eigenvalue weighted by molar-refractivity contribution is 0.0942. The molecule has 2 nitrogen and oxygen atoms in total. The van der Waals surface area contributed by atoms with E-state index in [1.165, 1.54) is 12.1 Å². The summed E-state index contributed by atoms with van der Waals surface area (Å²) >= 11 is 6.14. The minimum absolute atomic E-state index is 0.143. The number of benzene rings is 1. The molecule has 21 heavy (non-hydrogen) atoms. The molecule has 1 aliphatic heterocycles. The first kappa shape index (κ1) is 16.7. The molecule has 4 heteroatoms. The second kappa shape index (κ2) is 6.64. The van der Waals surface area contributed by atoms with E-state index in [9.17, 15) is 4.39 Å². The number of hydrogen-bond acceptors (Lipinski definition) is 2. The highest BCUT2D eigenvalue weighted by molar-refractivity contribution is 6.31. The van der Waals surface area contributed by atoms with Gasteiger partial charge in [-0.1, -0.05) is 17.7 Å². The predicted molar refractivity (Wildman–Crippen MR) is 87.3 cm³/mol. The number of rotatable bonds is 3. The maximum absolute atomic E-state index is 13.1. The van der Waals surface area contributed by atoms with Crippen LogP contribution in [-0.4, -0.2) is 29.6 Å². The summed E-state index contributed by atoms with van der Waals surface area (Å²) in [6, 6.07) is 5.28. The van der Waals surface area contributed by atoms with Crippen molar-refractivity contribution >= 4 is 11.6 Å². The Kier molecular flexibility index (Phi) is 5.29. The molecule has 1 fully saturated rings. The Hall–Kier alpha value is -0.640. The molecule has 0 spiro atoms. The summed E-state index contributed by atoms with van der Waals surface area (Å²) in [4.78, 5) is 2.53. The van der Waals surface area contributed by atoms with Crippen LogP contribution in [0.25, 0.3) is 0 Å². The number of halogens is 2. The van der Waals surface area contributed by atoms with Gasteiger partial charge >= 0.3 is 0 Å². The Bertz CT molecular complexity index is 476. The van der Waals surface area contributed by atoms with Crippen LogP contribution >= 0.6 is 11.6 Å². The van der Waals surface area contributed by atoms with Crippen molar-refractivity contribution in [2.75, 3.05) is 13.1 Å². The molecule has 1 unspecified atom stereocenters. The molecule has 1 aromatic carbocycles. The molecule has 0 bridgehead atoms. The number of likely N-dealkylation sites (tertiary alicyclic amines) is 1. The van der Waals surface area contributed by atoms with E-state index in [1.807, 2.05) is 0 Å². The minimum Gasteiger partial charge on any atom is -0.307 e. The van der Waals surface area contributed by atoms with E-state index in [1.54, 1.807) is 6.07 Å². The van der Waals surface area contributed by atoms with Crippen LogP contribution in [0.15, 0.2) is 18.2 Å². The van der Waals surface area contributed by atoms with Crippen molar-refractivity contribution in [2.45, 2.75) is 58.2 Å². The van der Waals surface area contributed by atoms with Crippen LogP contribution in [0, 0.1) is 5.82 Å². The van der Waals surface area contributed by atoms with Crippen molar-refractivity contribution < 1.29 is 4.39 Å². The number of nitrogens with zero attached hydrogens (tertiary/aromatic N) is 1. The molecule has 1 heterocycles. The molecule has 0 amide bonds. The van der Waals surface area contributed by atoms with Gasteiger partial charge in [0.05, 0.1) is 0 Å². The second-order valence-corrected chi connectivity index (χ2v) is 7.39. The van der Waals surface area contributed by atoms with E-state index >= 15 is 0 Å². The summed E-state index contributed by atoms with van der Waals surface area (Å²) in [5.41, 5.74) is 1.22. The largest absolute Gasteiger partial charge is 0.307 e. The van der Waals surface area contributed by atoms with Crippen LogP contribution in [0.3, 0.4) is 0 Å². The molecular weight excluding hydrogens is 287 g/mol. The molecule has 0 saturated carbocycles. The van der Waals surface area contributed by atoms with E-state index in [-0.39, 0.29) is 17.4 Å². The molecule has 0 aliphatic carbocycles. The van der Waals surface area contributed by atoms with Gasteiger partial charge in [-0.25, -0.2) is 4.39 Å². The van der Waals surface area contributed by atoms with Crippen LogP contribution in [0.4, 0.5) is 4.39 Å². The molecule has 0 aromatic heterocycles. The lowest BCUT2D eigenvalue weighted by atomic mass is 9.97. The van der Waals surface area contributed by atoms with Gasteiger partial charge in [0.25, 0.3) is 0 Å². The minimum atomic E-state index is -0.283. The highest BCUT2D eigenvalue weighted by Gasteiger charge is 2.27. The quantitative estimate of drug-likeness (QED) is 0.890. The first-order valence-corrected chi connectivity index (χ1v) is 8.11. The van der Waals surface area contributed by atoms with Crippen LogP contribution in [0.5, 0.6) is 0 Å². The summed E-state index contributed by atoms with van der Waals surface area (Å²) < 4.78 is 13.1. The molecule has 1 aromatic rings. The first-order chi connectivity index (χ1) is 9.77. The average Bonchev–Trinajstić information content (AvgIpc) is 2.38. The third-order valence-electron chi connectivity index (χ3n) is 4.36. The average molecular weight is 313 g/mol. The predicted octanol–water partition coefficient (Wildman–Crippen LogP) is 4.39. The van der Waals surface area contributed by atoms with Crippen LogP contribution in [0.2, 0.25) is 5.02 Å². The maximum Gasteiger partial charge on any atom is 0.124 e. The van der Waals surface area contributed by atoms with E-state index in [4.69, 9.17) is 11.6 Å². The molecule has 1 aliphatic rings. The number of nitrogens with one attached hydrogen (secondary N) is 1. The van der Waals surface area contributed by atoms with Crippen LogP contribution in [0.1, 0.15) is 52.1 Å². The van der Waals surface area contributed by atoms with E-state index in [0.29, 0.717) is 11.1 Å². The van der Waals surface area contributed by atoms with E-state index in [0.717, 1.165) is 31.5 Å². The molecule has 2 rings (SSSR count). The zero-order valence-electron chi connectivity index (χ0n) is 13.4. The lowest BCUT2D eigenvalue weighted by Gasteiger charge is -2.41. The van der Waals surface area contributed by atoms with Gasteiger partial charge in [0, 0.05) is 35.7 Å². The Labute approximate surface area is 132 Å². The van der Waals surface area contributed by atoms with E-state index in [2.05, 4.69) is 37.9 Å². The Morgan fingerprint density at radius 1 is 1.29 bits per heavy atom. The van der Waals surface area contributed by atoms with Gasteiger partial charge in [-0.05, 0) is 58.2 Å². The zero-order chi connectivity index (χ0) is 15.6. The molecule has 1 saturated heterocycles. The first-order valence-electron chi connectivity index (χ1n) is 7.73. The fourth-order valence-electron chi connectivity index (χ4n) is 3.01. The number of hydrogen-bond donors (Lipinski definition) is 1. The summed E-state index contributed by atoms with van der Waals surface area (Å²) in [5.74, 6) is -0.283. The normalized spacial score (nSPS) is 19.7. The molecule has 118 valence electrons. The monoisotopic (exact) mass is 312 g/mol. The third kappa shape index (κ3) is 4.41. The van der Waals surface area contributed by atoms with Gasteiger partial charge in [0.2, 0.25) is 0 Å². The lowest BCUT2D eigenvalue weighted by Crippen LogP contribution is -2.50. The van der Waals surface area contributed by atoms with Gasteiger partial charge < -0.3 is 5.32 Å². The Morgan fingerprint density at radius 3 is 2.43 bits per heavy atom. The van der Waals surface area contributed by atoms with Gasteiger partial charge in [0.1, 0.15) is 5.82 Å². The van der Waals surface area contributed by atoms with Gasteiger partial charge in [-0.3, -0.25) is 4.90 Å². The summed E-state index contributed by atoms with van der Waals surface area (Å²) in [6.07, 6.45) is 2.28. The van der Waals surface area contributed by atoms with E-state index < -0.39 is 0 Å². The Balaban J connectivity index is 1.91. The topological polar surface area (TPSA) is 15.3 Å². The zero-order valence-corrected chi connectivity index (χ0v) is 14.2. The molecule has 0 radical (unpaired) electrons. The van der Waals surface area contributed by atoms with Crippen LogP contribution in [-0.2, 0) is 0 Å². The van der Waals surface area contributed by atoms with Crippen molar-refractivity contribution in [3.63, 3.8) is 0 Å². The SMILES string of the molecule is CC(NC1CCN(C(C)(C)C)CC1)c1ccc(F)cc1Cl.